The minimum absolute atomic E-state index is 0.135. The van der Waals surface area contributed by atoms with Gasteiger partial charge in [-0.1, -0.05) is 20.8 Å². The maximum absolute atomic E-state index is 12.5. The molecule has 0 bridgehead atoms. The number of hydrogen-bond donors (Lipinski definition) is 1. The van der Waals surface area contributed by atoms with Crippen LogP contribution < -0.4 is 5.43 Å². The fraction of sp³-hybridized carbons (Fsp3) is 0.650. The quantitative estimate of drug-likeness (QED) is 0.779. The Morgan fingerprint density at radius 2 is 1.96 bits per heavy atom. The standard InChI is InChI=1S/C20H29N3O3S/c1-20(2,3)14-5-6-16-13(11-14)12-17(27-16)18(24)22-21-15-7-9-23(10-8-15)19(25)26-4/h12,14H,5-11H2,1-4H3,(H,22,24)/t14-/m0/s1. The van der Waals surface area contributed by atoms with E-state index in [1.165, 1.54) is 24.0 Å². The third-order valence-electron chi connectivity index (χ3n) is 5.62. The Hall–Kier alpha value is -1.89. The average Bonchev–Trinajstić information content (AvgIpc) is 3.08. The highest BCUT2D eigenvalue weighted by atomic mass is 32.1. The monoisotopic (exact) mass is 391 g/mol. The largest absolute Gasteiger partial charge is 0.453 e. The lowest BCUT2D eigenvalue weighted by atomic mass is 9.72. The molecule has 2 heterocycles. The number of methoxy groups -OCH3 is 1. The Balaban J connectivity index is 1.57. The van der Waals surface area contributed by atoms with E-state index in [2.05, 4.69) is 31.3 Å². The van der Waals surface area contributed by atoms with Crippen LogP contribution in [0.15, 0.2) is 11.2 Å². The second-order valence-corrected chi connectivity index (χ2v) is 9.58. The molecule has 3 rings (SSSR count). The molecule has 1 atom stereocenters. The number of aryl methyl sites for hydroxylation is 1. The maximum atomic E-state index is 12.5. The highest BCUT2D eigenvalue weighted by Crippen LogP contribution is 2.40. The predicted octanol–water partition coefficient (Wildman–Crippen LogP) is 3.85. The van der Waals surface area contributed by atoms with Gasteiger partial charge in [0.2, 0.25) is 0 Å². The van der Waals surface area contributed by atoms with E-state index in [0.29, 0.717) is 37.3 Å². The first-order valence-corrected chi connectivity index (χ1v) is 10.4. The van der Waals surface area contributed by atoms with Crippen LogP contribution in [0.5, 0.6) is 0 Å². The van der Waals surface area contributed by atoms with Crippen molar-refractivity contribution in [3.63, 3.8) is 0 Å². The minimum Gasteiger partial charge on any atom is -0.453 e. The summed E-state index contributed by atoms with van der Waals surface area (Å²) in [6.07, 6.45) is 4.31. The van der Waals surface area contributed by atoms with Crippen molar-refractivity contribution in [2.75, 3.05) is 20.2 Å². The normalized spacial score (nSPS) is 20.1. The highest BCUT2D eigenvalue weighted by Gasteiger charge is 2.30. The number of nitrogens with one attached hydrogen (secondary N) is 1. The van der Waals surface area contributed by atoms with E-state index in [1.54, 1.807) is 16.2 Å². The number of piperidine rings is 1. The maximum Gasteiger partial charge on any atom is 0.409 e. The molecule has 27 heavy (non-hydrogen) atoms. The molecule has 0 saturated carbocycles. The van der Waals surface area contributed by atoms with E-state index in [-0.39, 0.29) is 12.0 Å². The number of carbonyl (C=O) groups excluding carboxylic acids is 2. The second kappa shape index (κ2) is 8.00. The summed E-state index contributed by atoms with van der Waals surface area (Å²) in [7, 11) is 1.39. The molecule has 1 aliphatic heterocycles. The summed E-state index contributed by atoms with van der Waals surface area (Å²) in [6.45, 7) is 8.03. The summed E-state index contributed by atoms with van der Waals surface area (Å²) >= 11 is 1.60. The van der Waals surface area contributed by atoms with Gasteiger partial charge in [0, 0.05) is 36.5 Å². The zero-order valence-corrected chi connectivity index (χ0v) is 17.4. The van der Waals surface area contributed by atoms with Crippen LogP contribution in [0.1, 0.15) is 60.1 Å². The summed E-state index contributed by atoms with van der Waals surface area (Å²) in [6, 6.07) is 2.05. The van der Waals surface area contributed by atoms with Gasteiger partial charge in [0.25, 0.3) is 5.91 Å². The molecule has 0 unspecified atom stereocenters. The summed E-state index contributed by atoms with van der Waals surface area (Å²) in [5.41, 5.74) is 5.24. The molecule has 0 radical (unpaired) electrons. The molecule has 1 aromatic heterocycles. The summed E-state index contributed by atoms with van der Waals surface area (Å²) in [5, 5.41) is 4.28. The van der Waals surface area contributed by atoms with E-state index < -0.39 is 0 Å². The molecular weight excluding hydrogens is 362 g/mol. The van der Waals surface area contributed by atoms with Crippen LogP contribution in [-0.2, 0) is 17.6 Å². The van der Waals surface area contributed by atoms with Crippen LogP contribution in [0.3, 0.4) is 0 Å². The molecule has 2 amide bonds. The number of fused-ring (bicyclic) bond motifs is 1. The number of hydrazone groups is 1. The molecule has 1 N–H and O–H groups in total. The number of amides is 2. The van der Waals surface area contributed by atoms with Crippen LogP contribution >= 0.6 is 11.3 Å². The van der Waals surface area contributed by atoms with Crippen molar-refractivity contribution in [1.29, 1.82) is 0 Å². The van der Waals surface area contributed by atoms with Crippen LogP contribution in [0.2, 0.25) is 0 Å². The summed E-state index contributed by atoms with van der Waals surface area (Å²) in [5.74, 6) is 0.528. The number of likely N-dealkylation sites (tertiary alicyclic amines) is 1. The zero-order chi connectivity index (χ0) is 19.6. The molecule has 7 heteroatoms. The first kappa shape index (κ1) is 19.9. The first-order valence-electron chi connectivity index (χ1n) is 9.58. The molecule has 1 aromatic rings. The lowest BCUT2D eigenvalue weighted by Crippen LogP contribution is -2.39. The molecule has 148 valence electrons. The van der Waals surface area contributed by atoms with Gasteiger partial charge in [-0.15, -0.1) is 11.3 Å². The van der Waals surface area contributed by atoms with Gasteiger partial charge in [0.1, 0.15) is 0 Å². The molecule has 1 saturated heterocycles. The van der Waals surface area contributed by atoms with E-state index in [4.69, 9.17) is 4.74 Å². The van der Waals surface area contributed by atoms with Gasteiger partial charge < -0.3 is 9.64 Å². The Labute approximate surface area is 165 Å². The van der Waals surface area contributed by atoms with Crippen molar-refractivity contribution in [3.05, 3.63) is 21.4 Å². The smallest absolute Gasteiger partial charge is 0.409 e. The van der Waals surface area contributed by atoms with Crippen LogP contribution in [0, 0.1) is 11.3 Å². The number of carbonyl (C=O) groups is 2. The zero-order valence-electron chi connectivity index (χ0n) is 16.6. The lowest BCUT2D eigenvalue weighted by Gasteiger charge is -2.33. The number of hydrogen-bond acceptors (Lipinski definition) is 5. The van der Waals surface area contributed by atoms with E-state index in [0.717, 1.165) is 23.4 Å². The molecule has 6 nitrogen and oxygen atoms in total. The predicted molar refractivity (Wildman–Crippen MR) is 107 cm³/mol. The van der Waals surface area contributed by atoms with Gasteiger partial charge >= 0.3 is 6.09 Å². The van der Waals surface area contributed by atoms with Crippen LogP contribution in [0.25, 0.3) is 0 Å². The number of nitrogens with zero attached hydrogens (tertiary/aromatic N) is 2. The van der Waals surface area contributed by atoms with Crippen LogP contribution in [0.4, 0.5) is 4.79 Å². The summed E-state index contributed by atoms with van der Waals surface area (Å²) in [4.78, 5) is 27.8. The first-order chi connectivity index (χ1) is 12.8. The van der Waals surface area contributed by atoms with Crippen molar-refractivity contribution >= 4 is 29.0 Å². The summed E-state index contributed by atoms with van der Waals surface area (Å²) < 4.78 is 4.73. The van der Waals surface area contributed by atoms with Crippen molar-refractivity contribution in [1.82, 2.24) is 10.3 Å². The third kappa shape index (κ3) is 4.69. The lowest BCUT2D eigenvalue weighted by molar-refractivity contribution is 0.0957. The van der Waals surface area contributed by atoms with Gasteiger partial charge in [-0.05, 0) is 42.2 Å². The SMILES string of the molecule is COC(=O)N1CCC(=NNC(=O)c2cc3c(s2)CC[C@H](C(C)(C)C)C3)CC1. The van der Waals surface area contributed by atoms with Gasteiger partial charge in [0.15, 0.2) is 0 Å². The highest BCUT2D eigenvalue weighted by molar-refractivity contribution is 7.14. The van der Waals surface area contributed by atoms with E-state index >= 15 is 0 Å². The van der Waals surface area contributed by atoms with Gasteiger partial charge in [-0.25, -0.2) is 10.2 Å². The molecule has 1 aliphatic carbocycles. The van der Waals surface area contributed by atoms with E-state index in [9.17, 15) is 9.59 Å². The molecule has 0 spiro atoms. The Kier molecular flexibility index (Phi) is 5.89. The topological polar surface area (TPSA) is 71.0 Å². The van der Waals surface area contributed by atoms with Gasteiger partial charge in [0.05, 0.1) is 12.0 Å². The number of rotatable bonds is 2. The van der Waals surface area contributed by atoms with Gasteiger partial charge in [-0.3, -0.25) is 4.79 Å². The van der Waals surface area contributed by atoms with Crippen molar-refractivity contribution < 1.29 is 14.3 Å². The Morgan fingerprint density at radius 3 is 2.59 bits per heavy atom. The molecule has 2 aliphatic rings. The van der Waals surface area contributed by atoms with Gasteiger partial charge in [-0.2, -0.15) is 5.10 Å². The average molecular weight is 392 g/mol. The fourth-order valence-electron chi connectivity index (χ4n) is 3.75. The fourth-order valence-corrected chi connectivity index (χ4v) is 4.85. The molecular formula is C20H29N3O3S. The number of ether oxygens (including phenoxy) is 1. The van der Waals surface area contributed by atoms with Crippen LogP contribution in [-0.4, -0.2) is 42.8 Å². The molecule has 1 fully saturated rings. The van der Waals surface area contributed by atoms with E-state index in [1.807, 2.05) is 6.07 Å². The number of thiophene rings is 1. The Morgan fingerprint density at radius 1 is 1.26 bits per heavy atom. The minimum atomic E-state index is -0.309. The van der Waals surface area contributed by atoms with Crippen molar-refractivity contribution in [2.45, 2.75) is 52.9 Å². The molecule has 0 aromatic carbocycles. The van der Waals surface area contributed by atoms with Crippen molar-refractivity contribution in [3.8, 4) is 0 Å². The van der Waals surface area contributed by atoms with Crippen molar-refractivity contribution in [2.24, 2.45) is 16.4 Å². The Bertz CT molecular complexity index is 738. The third-order valence-corrected chi connectivity index (χ3v) is 6.86. The second-order valence-electron chi connectivity index (χ2n) is 8.44.